The fraction of sp³-hybridized carbons (Fsp3) is 0.469. The fourth-order valence-electron chi connectivity index (χ4n) is 5.13. The second-order valence-corrected chi connectivity index (χ2v) is 11.8. The molecule has 2 aliphatic rings. The second kappa shape index (κ2) is 13.3. The highest BCUT2D eigenvalue weighted by Crippen LogP contribution is 2.44. The first-order valence-electron chi connectivity index (χ1n) is 14.0. The minimum absolute atomic E-state index is 0.331. The van der Waals surface area contributed by atoms with E-state index >= 15 is 0 Å². The van der Waals surface area contributed by atoms with Crippen molar-refractivity contribution in [2.45, 2.75) is 78.2 Å². The van der Waals surface area contributed by atoms with Crippen molar-refractivity contribution in [2.24, 2.45) is 0 Å². The molecule has 2 amide bonds. The Labute approximate surface area is 246 Å². The van der Waals surface area contributed by atoms with Crippen molar-refractivity contribution in [2.75, 3.05) is 20.3 Å². The summed E-state index contributed by atoms with van der Waals surface area (Å²) in [5.74, 6) is 2.58. The molecule has 2 heterocycles. The third-order valence-electron chi connectivity index (χ3n) is 7.65. The van der Waals surface area contributed by atoms with Crippen molar-refractivity contribution in [3.05, 3.63) is 50.9 Å². The molecule has 2 aromatic rings. The van der Waals surface area contributed by atoms with Crippen LogP contribution in [0.15, 0.2) is 23.1 Å². The number of benzene rings is 2. The summed E-state index contributed by atoms with van der Waals surface area (Å²) in [6.45, 7) is 9.35. The molecular formula is C32H38N2O6S. The van der Waals surface area contributed by atoms with E-state index in [1.165, 1.54) is 5.56 Å². The van der Waals surface area contributed by atoms with Gasteiger partial charge in [-0.3, -0.25) is 14.9 Å². The maximum Gasteiger partial charge on any atom is 0.290 e. The molecule has 0 saturated carbocycles. The molecule has 1 saturated heterocycles. The third kappa shape index (κ3) is 7.17. The van der Waals surface area contributed by atoms with Gasteiger partial charge in [0.2, 0.25) is 0 Å². The molecule has 0 bridgehead atoms. The lowest BCUT2D eigenvalue weighted by molar-refractivity contribution is -0.115. The average molecular weight is 579 g/mol. The first-order chi connectivity index (χ1) is 19.7. The molecule has 2 aliphatic heterocycles. The van der Waals surface area contributed by atoms with E-state index in [4.69, 9.17) is 24.2 Å². The SMILES string of the molecule is COc1cc(C=C2SC(=O)NC2=O)ccc1OCC1(C)CCc2c(C)c(OCCCCCCC#N)c(C)c(C)c2O1. The highest BCUT2D eigenvalue weighted by Gasteiger charge is 2.36. The van der Waals surface area contributed by atoms with Gasteiger partial charge in [-0.05, 0) is 106 Å². The lowest BCUT2D eigenvalue weighted by Gasteiger charge is -2.38. The smallest absolute Gasteiger partial charge is 0.290 e. The quantitative estimate of drug-likeness (QED) is 0.213. The molecule has 1 unspecified atom stereocenters. The van der Waals surface area contributed by atoms with Crippen LogP contribution in [0.4, 0.5) is 4.79 Å². The Kier molecular flexibility index (Phi) is 9.87. The molecule has 218 valence electrons. The van der Waals surface area contributed by atoms with Gasteiger partial charge in [-0.15, -0.1) is 0 Å². The number of amides is 2. The van der Waals surface area contributed by atoms with Crippen LogP contribution in [0.2, 0.25) is 0 Å². The normalized spacial score (nSPS) is 18.9. The van der Waals surface area contributed by atoms with Crippen LogP contribution in [-0.4, -0.2) is 37.1 Å². The molecule has 4 rings (SSSR count). The molecule has 8 nitrogen and oxygen atoms in total. The molecule has 1 fully saturated rings. The number of nitriles is 1. The zero-order valence-corrected chi connectivity index (χ0v) is 25.3. The largest absolute Gasteiger partial charge is 0.493 e. The number of hydrogen-bond donors (Lipinski definition) is 1. The van der Waals surface area contributed by atoms with E-state index in [1.54, 1.807) is 25.3 Å². The van der Waals surface area contributed by atoms with Gasteiger partial charge in [-0.2, -0.15) is 5.26 Å². The Balaban J connectivity index is 1.42. The Morgan fingerprint density at radius 2 is 1.85 bits per heavy atom. The maximum absolute atomic E-state index is 11.9. The van der Waals surface area contributed by atoms with Gasteiger partial charge in [0.05, 0.1) is 24.7 Å². The minimum atomic E-state index is -0.535. The van der Waals surface area contributed by atoms with Gasteiger partial charge in [0.1, 0.15) is 23.7 Å². The van der Waals surface area contributed by atoms with Crippen molar-refractivity contribution in [1.82, 2.24) is 5.32 Å². The number of nitrogens with zero attached hydrogens (tertiary/aromatic N) is 1. The lowest BCUT2D eigenvalue weighted by atomic mass is 9.87. The zero-order valence-electron chi connectivity index (χ0n) is 24.5. The van der Waals surface area contributed by atoms with Gasteiger partial charge in [0.15, 0.2) is 11.5 Å². The van der Waals surface area contributed by atoms with Gasteiger partial charge in [-0.1, -0.05) is 18.9 Å². The molecule has 41 heavy (non-hydrogen) atoms. The summed E-state index contributed by atoms with van der Waals surface area (Å²) >= 11 is 0.877. The number of nitrogens with one attached hydrogen (secondary N) is 1. The van der Waals surface area contributed by atoms with Crippen molar-refractivity contribution in [3.63, 3.8) is 0 Å². The number of carbonyl (C=O) groups is 2. The standard InChI is InChI=1S/C32H38N2O6S/c1-20-21(2)29-24(22(3)28(20)38-16-10-8-6-7-9-15-33)13-14-32(4,40-29)19-39-25-12-11-23(17-26(25)37-5)18-27-30(35)34-31(36)41-27/h11-12,17-18H,6-10,13-14,16,19H2,1-5H3,(H,34,35,36). The van der Waals surface area contributed by atoms with Gasteiger partial charge in [-0.25, -0.2) is 0 Å². The van der Waals surface area contributed by atoms with Crippen LogP contribution in [0.1, 0.15) is 73.3 Å². The molecular weight excluding hydrogens is 540 g/mol. The van der Waals surface area contributed by atoms with Gasteiger partial charge >= 0.3 is 0 Å². The van der Waals surface area contributed by atoms with E-state index in [9.17, 15) is 9.59 Å². The van der Waals surface area contributed by atoms with Crippen molar-refractivity contribution in [3.8, 4) is 29.1 Å². The molecule has 0 spiro atoms. The Hall–Kier alpha value is -3.64. The fourth-order valence-corrected chi connectivity index (χ4v) is 5.81. The highest BCUT2D eigenvalue weighted by molar-refractivity contribution is 8.18. The van der Waals surface area contributed by atoms with Crippen molar-refractivity contribution in [1.29, 1.82) is 5.26 Å². The molecule has 0 aliphatic carbocycles. The van der Waals surface area contributed by atoms with Crippen LogP contribution in [0.25, 0.3) is 6.08 Å². The Morgan fingerprint density at radius 3 is 2.56 bits per heavy atom. The highest BCUT2D eigenvalue weighted by atomic mass is 32.2. The van der Waals surface area contributed by atoms with Crippen LogP contribution in [0.3, 0.4) is 0 Å². The monoisotopic (exact) mass is 578 g/mol. The number of imide groups is 1. The molecule has 2 aromatic carbocycles. The van der Waals surface area contributed by atoms with E-state index in [2.05, 4.69) is 39.1 Å². The zero-order chi connectivity index (χ0) is 29.6. The van der Waals surface area contributed by atoms with Crippen LogP contribution in [-0.2, 0) is 11.2 Å². The number of thioether (sulfide) groups is 1. The number of methoxy groups -OCH3 is 1. The summed E-state index contributed by atoms with van der Waals surface area (Å²) in [6, 6.07) is 7.61. The summed E-state index contributed by atoms with van der Waals surface area (Å²) in [4.78, 5) is 23.7. The van der Waals surface area contributed by atoms with E-state index in [1.807, 2.05) is 6.07 Å². The van der Waals surface area contributed by atoms with Gasteiger partial charge < -0.3 is 18.9 Å². The Morgan fingerprint density at radius 1 is 1.07 bits per heavy atom. The third-order valence-corrected chi connectivity index (χ3v) is 8.46. The number of rotatable bonds is 12. The average Bonchev–Trinajstić information content (AvgIpc) is 3.27. The number of carbonyl (C=O) groups excluding carboxylic acids is 2. The van der Waals surface area contributed by atoms with Crippen LogP contribution >= 0.6 is 11.8 Å². The van der Waals surface area contributed by atoms with E-state index in [-0.39, 0.29) is 5.24 Å². The second-order valence-electron chi connectivity index (χ2n) is 10.8. The lowest BCUT2D eigenvalue weighted by Crippen LogP contribution is -2.42. The molecule has 0 aromatic heterocycles. The molecule has 9 heteroatoms. The van der Waals surface area contributed by atoms with Crippen molar-refractivity contribution >= 4 is 29.0 Å². The maximum atomic E-state index is 11.9. The number of unbranched alkanes of at least 4 members (excludes halogenated alkanes) is 4. The van der Waals surface area contributed by atoms with Gasteiger partial charge in [0, 0.05) is 12.0 Å². The van der Waals surface area contributed by atoms with E-state index in [0.29, 0.717) is 36.0 Å². The topological polar surface area (TPSA) is 107 Å². The summed E-state index contributed by atoms with van der Waals surface area (Å²) in [6.07, 6.45) is 7.96. The summed E-state index contributed by atoms with van der Waals surface area (Å²) < 4.78 is 24.7. The van der Waals surface area contributed by atoms with E-state index < -0.39 is 11.5 Å². The van der Waals surface area contributed by atoms with Gasteiger partial charge in [0.25, 0.3) is 11.1 Å². The molecule has 1 atom stereocenters. The minimum Gasteiger partial charge on any atom is -0.493 e. The summed E-state index contributed by atoms with van der Waals surface area (Å²) in [7, 11) is 1.57. The first-order valence-corrected chi connectivity index (χ1v) is 14.8. The summed E-state index contributed by atoms with van der Waals surface area (Å²) in [5, 5.41) is 10.6. The molecule has 0 radical (unpaired) electrons. The summed E-state index contributed by atoms with van der Waals surface area (Å²) in [5.41, 5.74) is 4.71. The predicted molar refractivity (Wildman–Crippen MR) is 160 cm³/mol. The van der Waals surface area contributed by atoms with E-state index in [0.717, 1.165) is 84.0 Å². The Bertz CT molecular complexity index is 1400. The number of hydrogen-bond acceptors (Lipinski definition) is 8. The predicted octanol–water partition coefficient (Wildman–Crippen LogP) is 6.96. The van der Waals surface area contributed by atoms with Crippen LogP contribution < -0.4 is 24.3 Å². The van der Waals surface area contributed by atoms with Crippen molar-refractivity contribution < 1.29 is 28.5 Å². The molecule has 1 N–H and O–H groups in total. The van der Waals surface area contributed by atoms with Crippen LogP contribution in [0.5, 0.6) is 23.0 Å². The first kappa shape index (κ1) is 30.3. The number of fused-ring (bicyclic) bond motifs is 1. The number of ether oxygens (including phenoxy) is 4. The van der Waals surface area contributed by atoms with Crippen LogP contribution in [0, 0.1) is 32.1 Å².